The largest absolute Gasteiger partial charge is 0.461 e. The van der Waals surface area contributed by atoms with Gasteiger partial charge in [0.05, 0.1) is 15.5 Å². The van der Waals surface area contributed by atoms with E-state index in [4.69, 9.17) is 9.40 Å². The summed E-state index contributed by atoms with van der Waals surface area (Å²) >= 11 is 2.34. The molecule has 1 aliphatic rings. The maximum absolute atomic E-state index is 5.52. The van der Waals surface area contributed by atoms with E-state index in [2.05, 4.69) is 39.8 Å². The average Bonchev–Trinajstić information content (AvgIpc) is 3.14. The van der Waals surface area contributed by atoms with Crippen molar-refractivity contribution < 1.29 is 4.42 Å². The molecular formula is C14H16IN3O. The fourth-order valence-corrected chi connectivity index (χ4v) is 2.95. The third kappa shape index (κ3) is 2.48. The number of halogens is 1. The monoisotopic (exact) mass is 369 g/mol. The maximum atomic E-state index is 5.52. The fourth-order valence-electron chi connectivity index (χ4n) is 2.08. The van der Waals surface area contributed by atoms with Crippen LogP contribution in [0.5, 0.6) is 0 Å². The molecule has 0 spiro atoms. The van der Waals surface area contributed by atoms with Gasteiger partial charge in [0, 0.05) is 12.5 Å². The molecule has 0 aromatic carbocycles. The van der Waals surface area contributed by atoms with Gasteiger partial charge in [0.2, 0.25) is 0 Å². The Morgan fingerprint density at radius 1 is 1.42 bits per heavy atom. The molecule has 0 amide bonds. The van der Waals surface area contributed by atoms with Gasteiger partial charge in [-0.3, -0.25) is 0 Å². The summed E-state index contributed by atoms with van der Waals surface area (Å²) in [4.78, 5) is 9.34. The number of anilines is 1. The van der Waals surface area contributed by atoms with Crippen molar-refractivity contribution in [2.24, 2.45) is 0 Å². The highest BCUT2D eigenvalue weighted by molar-refractivity contribution is 14.1. The van der Waals surface area contributed by atoms with Crippen LogP contribution in [0.2, 0.25) is 0 Å². The molecule has 0 unspecified atom stereocenters. The maximum Gasteiger partial charge on any atom is 0.198 e. The lowest BCUT2D eigenvalue weighted by molar-refractivity contribution is 0.575. The molecule has 2 aromatic heterocycles. The second kappa shape index (κ2) is 5.11. The summed E-state index contributed by atoms with van der Waals surface area (Å²) in [6, 6.07) is 1.94. The summed E-state index contributed by atoms with van der Waals surface area (Å²) in [5.74, 6) is 2.99. The summed E-state index contributed by atoms with van der Waals surface area (Å²) in [6.07, 6.45) is 4.15. The highest BCUT2D eigenvalue weighted by Crippen LogP contribution is 2.43. The highest BCUT2D eigenvalue weighted by atomic mass is 127. The van der Waals surface area contributed by atoms with E-state index in [9.17, 15) is 0 Å². The van der Waals surface area contributed by atoms with E-state index < -0.39 is 0 Å². The van der Waals surface area contributed by atoms with Crippen LogP contribution in [-0.2, 0) is 0 Å². The average molecular weight is 369 g/mol. The van der Waals surface area contributed by atoms with Gasteiger partial charge in [0.25, 0.3) is 0 Å². The summed E-state index contributed by atoms with van der Waals surface area (Å²) in [6.45, 7) is 4.95. The number of nitrogens with one attached hydrogen (secondary N) is 1. The molecule has 100 valence electrons. The van der Waals surface area contributed by atoms with Crippen molar-refractivity contribution in [1.82, 2.24) is 9.97 Å². The first-order valence-corrected chi connectivity index (χ1v) is 7.64. The van der Waals surface area contributed by atoms with E-state index in [0.717, 1.165) is 33.0 Å². The Labute approximate surface area is 126 Å². The zero-order chi connectivity index (χ0) is 13.4. The van der Waals surface area contributed by atoms with Crippen molar-refractivity contribution in [3.8, 4) is 11.6 Å². The van der Waals surface area contributed by atoms with Crippen molar-refractivity contribution in [3.63, 3.8) is 0 Å². The first-order chi connectivity index (χ1) is 9.20. The van der Waals surface area contributed by atoms with Crippen molar-refractivity contribution >= 4 is 28.4 Å². The second-order valence-electron chi connectivity index (χ2n) is 4.83. The minimum absolute atomic E-state index is 0.598. The summed E-state index contributed by atoms with van der Waals surface area (Å²) in [5, 5.41) is 3.32. The molecular weight excluding hydrogens is 353 g/mol. The quantitative estimate of drug-likeness (QED) is 0.829. The SMILES string of the molecule is CCNc1nc(-c2occc2C)nc(C2CC2)c1I. The van der Waals surface area contributed by atoms with E-state index in [-0.39, 0.29) is 0 Å². The number of aromatic nitrogens is 2. The van der Waals surface area contributed by atoms with Crippen LogP contribution in [-0.4, -0.2) is 16.5 Å². The predicted molar refractivity (Wildman–Crippen MR) is 83.3 cm³/mol. The first kappa shape index (κ1) is 12.9. The van der Waals surface area contributed by atoms with E-state index in [0.29, 0.717) is 11.7 Å². The van der Waals surface area contributed by atoms with Gasteiger partial charge in [-0.05, 0) is 60.9 Å². The minimum Gasteiger partial charge on any atom is -0.461 e. The fraction of sp³-hybridized carbons (Fsp3) is 0.429. The van der Waals surface area contributed by atoms with Crippen molar-refractivity contribution in [2.45, 2.75) is 32.6 Å². The zero-order valence-electron chi connectivity index (χ0n) is 11.0. The zero-order valence-corrected chi connectivity index (χ0v) is 13.2. The molecule has 5 heteroatoms. The van der Waals surface area contributed by atoms with Crippen LogP contribution in [0, 0.1) is 10.5 Å². The number of hydrogen-bond acceptors (Lipinski definition) is 4. The lowest BCUT2D eigenvalue weighted by Gasteiger charge is -2.11. The molecule has 3 rings (SSSR count). The number of hydrogen-bond donors (Lipinski definition) is 1. The summed E-state index contributed by atoms with van der Waals surface area (Å²) in [5.41, 5.74) is 2.24. The van der Waals surface area contributed by atoms with Crippen molar-refractivity contribution in [1.29, 1.82) is 0 Å². The first-order valence-electron chi connectivity index (χ1n) is 6.56. The molecule has 0 aliphatic heterocycles. The lowest BCUT2D eigenvalue weighted by Crippen LogP contribution is -2.07. The molecule has 0 bridgehead atoms. The van der Waals surface area contributed by atoms with Gasteiger partial charge in [-0.25, -0.2) is 9.97 Å². The Bertz CT molecular complexity index is 605. The predicted octanol–water partition coefficient (Wildman–Crippen LogP) is 3.96. The van der Waals surface area contributed by atoms with Crippen molar-refractivity contribution in [2.75, 3.05) is 11.9 Å². The third-order valence-electron chi connectivity index (χ3n) is 3.25. The van der Waals surface area contributed by atoms with Gasteiger partial charge in [-0.2, -0.15) is 0 Å². The molecule has 2 heterocycles. The van der Waals surface area contributed by atoms with Crippen LogP contribution in [0.4, 0.5) is 5.82 Å². The molecule has 0 saturated heterocycles. The molecule has 2 aromatic rings. The van der Waals surface area contributed by atoms with Crippen LogP contribution in [0.15, 0.2) is 16.7 Å². The van der Waals surface area contributed by atoms with Crippen molar-refractivity contribution in [3.05, 3.63) is 27.2 Å². The summed E-state index contributed by atoms with van der Waals surface area (Å²) < 4.78 is 6.67. The van der Waals surface area contributed by atoms with Gasteiger partial charge in [-0.1, -0.05) is 0 Å². The normalized spacial score (nSPS) is 14.7. The molecule has 4 nitrogen and oxygen atoms in total. The lowest BCUT2D eigenvalue weighted by atomic mass is 10.2. The highest BCUT2D eigenvalue weighted by Gasteiger charge is 2.30. The van der Waals surface area contributed by atoms with Crippen LogP contribution in [0.1, 0.15) is 36.9 Å². The van der Waals surface area contributed by atoms with Gasteiger partial charge in [0.1, 0.15) is 5.82 Å². The molecule has 1 fully saturated rings. The van der Waals surface area contributed by atoms with E-state index in [1.807, 2.05) is 13.0 Å². The smallest absolute Gasteiger partial charge is 0.198 e. The van der Waals surface area contributed by atoms with Gasteiger partial charge in [0.15, 0.2) is 11.6 Å². The topological polar surface area (TPSA) is 51.0 Å². The van der Waals surface area contributed by atoms with E-state index in [1.165, 1.54) is 12.8 Å². The minimum atomic E-state index is 0.598. The number of nitrogens with zero attached hydrogens (tertiary/aromatic N) is 2. The van der Waals surface area contributed by atoms with Crippen LogP contribution < -0.4 is 5.32 Å². The molecule has 1 aliphatic carbocycles. The molecule has 19 heavy (non-hydrogen) atoms. The number of furan rings is 1. The molecule has 1 N–H and O–H groups in total. The Morgan fingerprint density at radius 2 is 2.21 bits per heavy atom. The van der Waals surface area contributed by atoms with Gasteiger partial charge in [-0.15, -0.1) is 0 Å². The third-order valence-corrected chi connectivity index (χ3v) is 4.31. The molecule has 1 saturated carbocycles. The Kier molecular flexibility index (Phi) is 3.47. The molecule has 0 atom stereocenters. The van der Waals surface area contributed by atoms with Gasteiger partial charge >= 0.3 is 0 Å². The Balaban J connectivity index is 2.12. The summed E-state index contributed by atoms with van der Waals surface area (Å²) in [7, 11) is 0. The number of rotatable bonds is 4. The van der Waals surface area contributed by atoms with E-state index >= 15 is 0 Å². The van der Waals surface area contributed by atoms with E-state index in [1.54, 1.807) is 6.26 Å². The van der Waals surface area contributed by atoms with Crippen LogP contribution >= 0.6 is 22.6 Å². The van der Waals surface area contributed by atoms with Crippen LogP contribution in [0.3, 0.4) is 0 Å². The van der Waals surface area contributed by atoms with Crippen LogP contribution in [0.25, 0.3) is 11.6 Å². The van der Waals surface area contributed by atoms with Gasteiger partial charge < -0.3 is 9.73 Å². The number of aryl methyl sites for hydroxylation is 1. The Hall–Kier alpha value is -1.11. The Morgan fingerprint density at radius 3 is 2.79 bits per heavy atom. The molecule has 0 radical (unpaired) electrons. The standard InChI is InChI=1S/C14H16IN3O/c1-3-16-13-10(15)11(9-4-5-9)17-14(18-13)12-8(2)6-7-19-12/h6-7,9H,3-5H2,1-2H3,(H,16,17,18). The second-order valence-corrected chi connectivity index (χ2v) is 5.91.